The molecule has 2 aliphatic carbocycles. The molecule has 2 atom stereocenters. The molecule has 43 heavy (non-hydrogen) atoms. The summed E-state index contributed by atoms with van der Waals surface area (Å²) in [6.07, 6.45) is 11.1. The van der Waals surface area contributed by atoms with Crippen LogP contribution in [0.4, 0.5) is 14.6 Å². The lowest BCUT2D eigenvalue weighted by atomic mass is 9.90. The molecule has 10 heteroatoms. The second-order valence-corrected chi connectivity index (χ2v) is 12.2. The third-order valence-corrected chi connectivity index (χ3v) is 9.34. The highest BCUT2D eigenvalue weighted by Crippen LogP contribution is 2.65. The smallest absolute Gasteiger partial charge is 0.252 e. The van der Waals surface area contributed by atoms with E-state index in [0.717, 1.165) is 61.8 Å². The summed E-state index contributed by atoms with van der Waals surface area (Å²) in [5.41, 5.74) is 5.30. The number of nitrogens with zero attached hydrogens (tertiary/aromatic N) is 4. The van der Waals surface area contributed by atoms with Gasteiger partial charge in [-0.15, -0.1) is 0 Å². The van der Waals surface area contributed by atoms with Crippen LogP contribution in [0.5, 0.6) is 5.88 Å². The molecule has 0 amide bonds. The van der Waals surface area contributed by atoms with Gasteiger partial charge in [-0.25, -0.2) is 13.8 Å². The molecule has 7 rings (SSSR count). The number of aromatic nitrogens is 3. The first-order valence-electron chi connectivity index (χ1n) is 15.0. The monoisotopic (exact) mass is 586 g/mol. The fourth-order valence-electron chi connectivity index (χ4n) is 6.66. The van der Waals surface area contributed by atoms with E-state index in [2.05, 4.69) is 40.0 Å². The predicted octanol–water partition coefficient (Wildman–Crippen LogP) is 5.58. The lowest BCUT2D eigenvalue weighted by Gasteiger charge is -2.34. The molecule has 8 nitrogen and oxygen atoms in total. The molecule has 2 saturated heterocycles. The highest BCUT2D eigenvalue weighted by Gasteiger charge is 2.57. The molecule has 2 N–H and O–H groups in total. The first-order chi connectivity index (χ1) is 20.8. The van der Waals surface area contributed by atoms with E-state index in [-0.39, 0.29) is 29.8 Å². The van der Waals surface area contributed by atoms with Crippen LogP contribution in [-0.4, -0.2) is 59.7 Å². The number of rotatable bonds is 8. The first kappa shape index (κ1) is 27.8. The summed E-state index contributed by atoms with van der Waals surface area (Å²) < 4.78 is 43.5. The van der Waals surface area contributed by atoms with Crippen molar-refractivity contribution in [1.82, 2.24) is 19.9 Å². The number of fused-ring (bicyclic) bond motifs is 1. The van der Waals surface area contributed by atoms with Gasteiger partial charge in [0, 0.05) is 50.5 Å². The van der Waals surface area contributed by atoms with Gasteiger partial charge in [0.15, 0.2) is 17.5 Å². The largest absolute Gasteiger partial charge is 0.471 e. The molecular weight excluding hydrogens is 550 g/mol. The molecule has 1 aromatic carbocycles. The molecule has 3 fully saturated rings. The number of imidazole rings is 1. The average Bonchev–Trinajstić information content (AvgIpc) is 3.54. The maximum absolute atomic E-state index is 15.0. The van der Waals surface area contributed by atoms with Crippen molar-refractivity contribution >= 4 is 22.6 Å². The second kappa shape index (κ2) is 10.9. The topological polar surface area (TPSA) is 88.3 Å². The summed E-state index contributed by atoms with van der Waals surface area (Å²) in [5.74, 6) is -0.154. The Balaban J connectivity index is 1.04. The lowest BCUT2D eigenvalue weighted by molar-refractivity contribution is -0.0590. The van der Waals surface area contributed by atoms with Crippen LogP contribution in [0.25, 0.3) is 11.0 Å². The van der Waals surface area contributed by atoms with E-state index in [1.165, 1.54) is 11.1 Å². The van der Waals surface area contributed by atoms with E-state index in [9.17, 15) is 4.39 Å². The zero-order valence-corrected chi connectivity index (χ0v) is 24.5. The van der Waals surface area contributed by atoms with Crippen molar-refractivity contribution in [2.75, 3.05) is 38.3 Å². The van der Waals surface area contributed by atoms with Crippen LogP contribution in [-0.2, 0) is 11.3 Å². The van der Waals surface area contributed by atoms with Crippen molar-refractivity contribution in [3.63, 3.8) is 0 Å². The molecular formula is C33H36F2N6O2. The summed E-state index contributed by atoms with van der Waals surface area (Å²) in [6.45, 7) is 5.04. The quantitative estimate of drug-likeness (QED) is 0.359. The van der Waals surface area contributed by atoms with Gasteiger partial charge in [-0.2, -0.15) is 4.98 Å². The Morgan fingerprint density at radius 1 is 1.16 bits per heavy atom. The highest BCUT2D eigenvalue weighted by molar-refractivity contribution is 6.10. The molecule has 2 aliphatic heterocycles. The summed E-state index contributed by atoms with van der Waals surface area (Å²) in [5, 5.41) is 11.1. The lowest BCUT2D eigenvalue weighted by Crippen LogP contribution is -2.36. The van der Waals surface area contributed by atoms with Gasteiger partial charge >= 0.3 is 0 Å². The maximum atomic E-state index is 15.0. The standard InChI is InChI=1S/C33H36F2N6O2/c1-20-3-6-28-29(13-20)41(18-23-7-12-42-23)30(38-28)24-16-33(24)8-10-40(11-9-33)31-25(34)15-26(35)32(39-31)43-19-21-4-5-22(17-37-2)27(36)14-21/h3-6,13-15,17,23-24,36-37H,7-12,16,18-19H2,1-2H3/b22-17-,36-27?. The minimum atomic E-state index is -0.840. The van der Waals surface area contributed by atoms with E-state index in [1.54, 1.807) is 25.4 Å². The van der Waals surface area contributed by atoms with Crippen molar-refractivity contribution < 1.29 is 18.3 Å². The molecule has 2 aromatic heterocycles. The normalized spacial score (nSPS) is 23.5. The summed E-state index contributed by atoms with van der Waals surface area (Å²) in [7, 11) is 1.77. The van der Waals surface area contributed by atoms with Crippen LogP contribution in [0.3, 0.4) is 0 Å². The predicted molar refractivity (Wildman–Crippen MR) is 162 cm³/mol. The number of allylic oxidation sites excluding steroid dienone is 3. The van der Waals surface area contributed by atoms with Crippen molar-refractivity contribution in [3.05, 3.63) is 82.9 Å². The zero-order chi connectivity index (χ0) is 29.7. The van der Waals surface area contributed by atoms with Gasteiger partial charge in [0.05, 0.1) is 29.4 Å². The fourth-order valence-corrected chi connectivity index (χ4v) is 6.66. The van der Waals surface area contributed by atoms with Gasteiger partial charge in [-0.3, -0.25) is 0 Å². The third kappa shape index (κ3) is 5.22. The van der Waals surface area contributed by atoms with Crippen molar-refractivity contribution in [2.45, 2.75) is 51.2 Å². The van der Waals surface area contributed by atoms with Gasteiger partial charge in [0.25, 0.3) is 5.88 Å². The number of ether oxygens (including phenoxy) is 2. The number of hydrogen-bond donors (Lipinski definition) is 2. The van der Waals surface area contributed by atoms with E-state index >= 15 is 4.39 Å². The second-order valence-electron chi connectivity index (χ2n) is 12.2. The Morgan fingerprint density at radius 2 is 1.98 bits per heavy atom. The average molecular weight is 587 g/mol. The van der Waals surface area contributed by atoms with E-state index in [4.69, 9.17) is 19.9 Å². The molecule has 1 spiro atoms. The summed E-state index contributed by atoms with van der Waals surface area (Å²) >= 11 is 0. The Hall–Kier alpha value is -4.05. The van der Waals surface area contributed by atoms with Crippen molar-refractivity contribution in [3.8, 4) is 5.88 Å². The van der Waals surface area contributed by atoms with Crippen LogP contribution in [0.1, 0.15) is 43.0 Å². The molecule has 4 heterocycles. The van der Waals surface area contributed by atoms with Crippen LogP contribution in [0.15, 0.2) is 59.8 Å². The molecule has 0 bridgehead atoms. The molecule has 224 valence electrons. The Morgan fingerprint density at radius 3 is 2.70 bits per heavy atom. The maximum Gasteiger partial charge on any atom is 0.252 e. The van der Waals surface area contributed by atoms with Gasteiger partial charge in [0.2, 0.25) is 0 Å². The third-order valence-electron chi connectivity index (χ3n) is 9.34. The van der Waals surface area contributed by atoms with E-state index < -0.39 is 11.6 Å². The molecule has 2 unspecified atom stereocenters. The van der Waals surface area contributed by atoms with Crippen LogP contribution >= 0.6 is 0 Å². The number of aryl methyl sites for hydroxylation is 1. The summed E-state index contributed by atoms with van der Waals surface area (Å²) in [6, 6.07) is 7.29. The molecule has 0 radical (unpaired) electrons. The number of halogens is 2. The number of piperidine rings is 1. The van der Waals surface area contributed by atoms with Crippen LogP contribution in [0.2, 0.25) is 0 Å². The number of hydrogen-bond acceptors (Lipinski definition) is 7. The number of anilines is 1. The van der Waals surface area contributed by atoms with Gasteiger partial charge in [-0.1, -0.05) is 18.2 Å². The first-order valence-corrected chi connectivity index (χ1v) is 15.0. The minimum Gasteiger partial charge on any atom is -0.471 e. The molecule has 1 saturated carbocycles. The highest BCUT2D eigenvalue weighted by atomic mass is 19.1. The van der Waals surface area contributed by atoms with Crippen LogP contribution < -0.4 is 15.0 Å². The fraction of sp³-hybridized carbons (Fsp3) is 0.424. The molecule has 3 aromatic rings. The van der Waals surface area contributed by atoms with Crippen molar-refractivity contribution in [1.29, 1.82) is 5.41 Å². The zero-order valence-electron chi connectivity index (χ0n) is 24.5. The van der Waals surface area contributed by atoms with E-state index in [0.29, 0.717) is 30.3 Å². The van der Waals surface area contributed by atoms with Gasteiger partial charge in [-0.05, 0) is 67.4 Å². The molecule has 4 aliphatic rings. The van der Waals surface area contributed by atoms with Crippen molar-refractivity contribution in [2.24, 2.45) is 5.41 Å². The summed E-state index contributed by atoms with van der Waals surface area (Å²) in [4.78, 5) is 11.3. The Kier molecular flexibility index (Phi) is 7.04. The SMILES string of the molecule is CN/C=C1/C=CC(COc2nc(N3CCC4(CC3)CC4c3nc4ccc(C)cc4n3CC3CCO3)c(F)cc2F)=CC1=N. The van der Waals surface area contributed by atoms with Crippen LogP contribution in [0, 0.1) is 29.4 Å². The number of nitrogens with one attached hydrogen (secondary N) is 2. The Bertz CT molecular complexity index is 1680. The van der Waals surface area contributed by atoms with Gasteiger partial charge < -0.3 is 29.7 Å². The number of pyridine rings is 1. The minimum absolute atomic E-state index is 0.0257. The van der Waals surface area contributed by atoms with E-state index in [1.807, 2.05) is 11.0 Å². The number of benzene rings is 1. The van der Waals surface area contributed by atoms with Gasteiger partial charge in [0.1, 0.15) is 12.4 Å². The Labute approximate surface area is 249 Å².